The summed E-state index contributed by atoms with van der Waals surface area (Å²) in [5.74, 6) is 0. The Kier molecular flexibility index (Phi) is 4.33. The molecule has 2 heterocycles. The van der Waals surface area contributed by atoms with Gasteiger partial charge in [0.2, 0.25) is 0 Å². The second-order valence-corrected chi connectivity index (χ2v) is 4.73. The number of hydrogen-bond donors (Lipinski definition) is 1. The van der Waals surface area contributed by atoms with Gasteiger partial charge in [0.1, 0.15) is 0 Å². The van der Waals surface area contributed by atoms with E-state index in [0.717, 1.165) is 49.6 Å². The van der Waals surface area contributed by atoms with Gasteiger partial charge in [-0.3, -0.25) is 9.88 Å². The highest BCUT2D eigenvalue weighted by Crippen LogP contribution is 2.16. The molecular weight excluding hydrogens is 226 g/mol. The number of rotatable bonds is 4. The highest BCUT2D eigenvalue weighted by Gasteiger charge is 2.18. The molecule has 1 aliphatic heterocycles. The first-order valence-electron chi connectivity index (χ1n) is 6.35. The van der Waals surface area contributed by atoms with Crippen LogP contribution in [0.1, 0.15) is 24.2 Å². The fraction of sp³-hybridized carbons (Fsp3) is 0.500. The summed E-state index contributed by atoms with van der Waals surface area (Å²) in [7, 11) is 1.79. The highest BCUT2D eigenvalue weighted by atomic mass is 16.5. The summed E-state index contributed by atoms with van der Waals surface area (Å²) in [6.45, 7) is 6.69. The summed E-state index contributed by atoms with van der Waals surface area (Å²) < 4.78 is 5.37. The Balaban J connectivity index is 1.97. The van der Waals surface area contributed by atoms with Gasteiger partial charge in [0.15, 0.2) is 0 Å². The van der Waals surface area contributed by atoms with Crippen molar-refractivity contribution in [3.8, 4) is 0 Å². The maximum Gasteiger partial charge on any atom is 0.0648 e. The van der Waals surface area contributed by atoms with Crippen LogP contribution in [0.25, 0.3) is 6.08 Å². The normalized spacial score (nSPS) is 17.8. The molecule has 1 aromatic rings. The van der Waals surface area contributed by atoms with Crippen molar-refractivity contribution < 1.29 is 4.74 Å². The lowest BCUT2D eigenvalue weighted by molar-refractivity contribution is 0.0385. The third kappa shape index (κ3) is 3.31. The van der Waals surface area contributed by atoms with Crippen molar-refractivity contribution in [3.63, 3.8) is 0 Å². The van der Waals surface area contributed by atoms with E-state index >= 15 is 0 Å². The van der Waals surface area contributed by atoms with Crippen molar-refractivity contribution in [2.75, 3.05) is 25.9 Å². The van der Waals surface area contributed by atoms with Crippen molar-refractivity contribution in [3.05, 3.63) is 30.1 Å². The van der Waals surface area contributed by atoms with Gasteiger partial charge in [0.25, 0.3) is 0 Å². The Morgan fingerprint density at radius 3 is 2.83 bits per heavy atom. The Labute approximate surface area is 108 Å². The fourth-order valence-corrected chi connectivity index (χ4v) is 2.35. The van der Waals surface area contributed by atoms with Crippen LogP contribution in [-0.4, -0.2) is 36.2 Å². The van der Waals surface area contributed by atoms with E-state index in [0.29, 0.717) is 6.10 Å². The van der Waals surface area contributed by atoms with Gasteiger partial charge in [-0.25, -0.2) is 0 Å². The molecule has 0 atom stereocenters. The molecule has 4 nitrogen and oxygen atoms in total. The number of hydrogen-bond acceptors (Lipinski definition) is 4. The zero-order valence-corrected chi connectivity index (χ0v) is 10.9. The third-order valence-corrected chi connectivity index (χ3v) is 3.38. The second kappa shape index (κ2) is 5.98. The largest absolute Gasteiger partial charge is 0.399 e. The van der Waals surface area contributed by atoms with E-state index < -0.39 is 0 Å². The van der Waals surface area contributed by atoms with Gasteiger partial charge in [0, 0.05) is 32.4 Å². The van der Waals surface area contributed by atoms with Crippen LogP contribution in [0.15, 0.2) is 18.7 Å². The lowest BCUT2D eigenvalue weighted by atomic mass is 10.1. The van der Waals surface area contributed by atoms with Crippen LogP contribution in [0.4, 0.5) is 5.69 Å². The van der Waals surface area contributed by atoms with Crippen molar-refractivity contribution in [2.45, 2.75) is 25.5 Å². The van der Waals surface area contributed by atoms with Crippen LogP contribution in [0, 0.1) is 0 Å². The smallest absolute Gasteiger partial charge is 0.0648 e. The van der Waals surface area contributed by atoms with Crippen LogP contribution in [0.2, 0.25) is 0 Å². The lowest BCUT2D eigenvalue weighted by Crippen LogP contribution is -2.36. The molecule has 1 saturated heterocycles. The number of methoxy groups -OCH3 is 1. The zero-order valence-electron chi connectivity index (χ0n) is 10.9. The molecule has 1 fully saturated rings. The van der Waals surface area contributed by atoms with E-state index in [1.54, 1.807) is 13.2 Å². The summed E-state index contributed by atoms with van der Waals surface area (Å²) in [5, 5.41) is 0. The summed E-state index contributed by atoms with van der Waals surface area (Å²) in [5.41, 5.74) is 8.47. The Morgan fingerprint density at radius 1 is 1.50 bits per heavy atom. The number of piperidine rings is 1. The maximum atomic E-state index is 5.86. The molecule has 0 radical (unpaired) electrons. The first kappa shape index (κ1) is 13.1. The number of nitrogens with two attached hydrogens (primary N) is 1. The van der Waals surface area contributed by atoms with Crippen LogP contribution in [0.5, 0.6) is 0 Å². The van der Waals surface area contributed by atoms with Crippen LogP contribution >= 0.6 is 0 Å². The molecule has 1 aromatic heterocycles. The minimum Gasteiger partial charge on any atom is -0.399 e. The maximum absolute atomic E-state index is 5.86. The van der Waals surface area contributed by atoms with E-state index in [1.165, 1.54) is 0 Å². The first-order valence-corrected chi connectivity index (χ1v) is 6.35. The van der Waals surface area contributed by atoms with E-state index in [1.807, 2.05) is 12.1 Å². The molecule has 18 heavy (non-hydrogen) atoms. The topological polar surface area (TPSA) is 51.4 Å². The highest BCUT2D eigenvalue weighted by molar-refractivity contribution is 5.51. The van der Waals surface area contributed by atoms with Crippen LogP contribution < -0.4 is 5.73 Å². The molecule has 0 unspecified atom stereocenters. The summed E-state index contributed by atoms with van der Waals surface area (Å²) >= 11 is 0. The molecule has 2 N–H and O–H groups in total. The molecule has 0 spiro atoms. The zero-order chi connectivity index (χ0) is 13.0. The first-order chi connectivity index (χ1) is 8.71. The summed E-state index contributed by atoms with van der Waals surface area (Å²) in [4.78, 5) is 6.91. The molecule has 0 aromatic carbocycles. The molecule has 98 valence electrons. The van der Waals surface area contributed by atoms with Crippen molar-refractivity contribution in [1.82, 2.24) is 9.88 Å². The second-order valence-electron chi connectivity index (χ2n) is 4.73. The monoisotopic (exact) mass is 247 g/mol. The molecule has 1 aliphatic rings. The molecule has 2 rings (SSSR count). The number of pyridine rings is 1. The molecule has 0 aliphatic carbocycles. The number of anilines is 1. The van der Waals surface area contributed by atoms with Crippen LogP contribution in [-0.2, 0) is 11.3 Å². The summed E-state index contributed by atoms with van der Waals surface area (Å²) in [6, 6.07) is 3.78. The van der Waals surface area contributed by atoms with E-state index in [4.69, 9.17) is 10.5 Å². The number of nitrogens with zero attached hydrogens (tertiary/aromatic N) is 2. The van der Waals surface area contributed by atoms with Gasteiger partial charge in [-0.15, -0.1) is 0 Å². The van der Waals surface area contributed by atoms with E-state index in [9.17, 15) is 0 Å². The van der Waals surface area contributed by atoms with Crippen LogP contribution in [0.3, 0.4) is 0 Å². The van der Waals surface area contributed by atoms with Gasteiger partial charge < -0.3 is 10.5 Å². The van der Waals surface area contributed by atoms with Crippen molar-refractivity contribution in [2.24, 2.45) is 0 Å². The Hall–Kier alpha value is -1.39. The Bertz CT molecular complexity index is 412. The van der Waals surface area contributed by atoms with Gasteiger partial charge in [-0.05, 0) is 31.1 Å². The van der Waals surface area contributed by atoms with E-state index in [-0.39, 0.29) is 0 Å². The van der Waals surface area contributed by atoms with Crippen molar-refractivity contribution >= 4 is 11.8 Å². The minimum atomic E-state index is 0.416. The molecular formula is C14H21N3O. The fourth-order valence-electron chi connectivity index (χ4n) is 2.35. The predicted octanol–water partition coefficient (Wildman–Crippen LogP) is 1.92. The molecule has 0 bridgehead atoms. The Morgan fingerprint density at radius 2 is 2.22 bits per heavy atom. The van der Waals surface area contributed by atoms with Gasteiger partial charge in [0.05, 0.1) is 17.5 Å². The number of aromatic nitrogens is 1. The number of nitrogen functional groups attached to an aromatic ring is 1. The van der Waals surface area contributed by atoms with Gasteiger partial charge in [-0.2, -0.15) is 0 Å². The van der Waals surface area contributed by atoms with Gasteiger partial charge in [-0.1, -0.05) is 6.58 Å². The van der Waals surface area contributed by atoms with Crippen molar-refractivity contribution in [1.29, 1.82) is 0 Å². The quantitative estimate of drug-likeness (QED) is 0.883. The predicted molar refractivity (Wildman–Crippen MR) is 74.0 cm³/mol. The average molecular weight is 247 g/mol. The SMILES string of the molecule is C=Cc1cc(N)cc(CN2CCC(OC)CC2)n1. The van der Waals surface area contributed by atoms with E-state index in [2.05, 4.69) is 16.5 Å². The summed E-state index contributed by atoms with van der Waals surface area (Å²) in [6.07, 6.45) is 4.33. The number of likely N-dealkylation sites (tertiary alicyclic amines) is 1. The average Bonchev–Trinajstić information content (AvgIpc) is 2.39. The molecule has 0 saturated carbocycles. The lowest BCUT2D eigenvalue weighted by Gasteiger charge is -2.30. The van der Waals surface area contributed by atoms with Gasteiger partial charge >= 0.3 is 0 Å². The number of ether oxygens (including phenoxy) is 1. The molecule has 0 amide bonds. The standard InChI is InChI=1S/C14H21N3O/c1-3-12-8-11(15)9-13(16-12)10-17-6-4-14(18-2)5-7-17/h3,8-9,14H,1,4-7,10H2,2H3,(H2,15,16). The molecule has 4 heteroatoms. The third-order valence-electron chi connectivity index (χ3n) is 3.38. The minimum absolute atomic E-state index is 0.416.